The summed E-state index contributed by atoms with van der Waals surface area (Å²) in [5, 5.41) is 0. The molecule has 2 aromatic rings. The van der Waals surface area contributed by atoms with Crippen LogP contribution >= 0.6 is 0 Å². The van der Waals surface area contributed by atoms with Crippen LogP contribution in [-0.4, -0.2) is 83.3 Å². The molecule has 2 aliphatic heterocycles. The van der Waals surface area contributed by atoms with Crippen LogP contribution in [0.5, 0.6) is 0 Å². The van der Waals surface area contributed by atoms with Gasteiger partial charge in [-0.05, 0) is 25.0 Å². The largest absolute Gasteiger partial charge is 0.340 e. The molecule has 0 aromatic carbocycles. The van der Waals surface area contributed by atoms with Crippen molar-refractivity contribution in [1.29, 1.82) is 0 Å². The zero-order valence-corrected chi connectivity index (χ0v) is 17.9. The van der Waals surface area contributed by atoms with Crippen LogP contribution in [0.4, 0.5) is 0 Å². The maximum absolute atomic E-state index is 12.8. The van der Waals surface area contributed by atoms with Crippen molar-refractivity contribution < 1.29 is 13.2 Å². The van der Waals surface area contributed by atoms with Gasteiger partial charge in [0, 0.05) is 64.0 Å². The molecule has 0 bridgehead atoms. The number of hydrogen-bond donors (Lipinski definition) is 0. The highest BCUT2D eigenvalue weighted by Crippen LogP contribution is 2.22. The summed E-state index contributed by atoms with van der Waals surface area (Å²) in [5.41, 5.74) is 1.28. The Bertz CT molecular complexity index is 1080. The average Bonchev–Trinajstić information content (AvgIpc) is 2.73. The third kappa shape index (κ3) is 4.55. The zero-order valence-electron chi connectivity index (χ0n) is 17.1. The van der Waals surface area contributed by atoms with E-state index in [0.717, 1.165) is 18.8 Å². The van der Waals surface area contributed by atoms with Crippen molar-refractivity contribution in [3.63, 3.8) is 0 Å². The first-order valence-corrected chi connectivity index (χ1v) is 12.1. The first kappa shape index (κ1) is 21.0. The minimum atomic E-state index is -3.18. The number of rotatable bonds is 4. The van der Waals surface area contributed by atoms with Crippen molar-refractivity contribution in [2.24, 2.45) is 5.92 Å². The molecule has 10 heteroatoms. The summed E-state index contributed by atoms with van der Waals surface area (Å²) < 4.78 is 26.3. The van der Waals surface area contributed by atoms with Gasteiger partial charge >= 0.3 is 0 Å². The highest BCUT2D eigenvalue weighted by molar-refractivity contribution is 7.88. The molecule has 2 saturated heterocycles. The summed E-state index contributed by atoms with van der Waals surface area (Å²) in [6, 6.07) is 7.05. The molecule has 0 unspecified atom stereocenters. The molecule has 0 radical (unpaired) electrons. The van der Waals surface area contributed by atoms with Crippen LogP contribution in [-0.2, 0) is 21.4 Å². The summed E-state index contributed by atoms with van der Waals surface area (Å²) in [6.45, 7) is 4.13. The fourth-order valence-electron chi connectivity index (χ4n) is 4.23. The van der Waals surface area contributed by atoms with E-state index in [1.165, 1.54) is 15.0 Å². The third-order valence-corrected chi connectivity index (χ3v) is 7.27. The number of carbonyl (C=O) groups is 1. The minimum Gasteiger partial charge on any atom is -0.340 e. The van der Waals surface area contributed by atoms with Gasteiger partial charge in [0.1, 0.15) is 5.65 Å². The van der Waals surface area contributed by atoms with E-state index in [-0.39, 0.29) is 17.4 Å². The lowest BCUT2D eigenvalue weighted by atomic mass is 9.96. The molecule has 0 aliphatic carbocycles. The molecular weight excluding hydrogens is 406 g/mol. The molecule has 0 saturated carbocycles. The van der Waals surface area contributed by atoms with Crippen molar-refractivity contribution in [2.45, 2.75) is 19.4 Å². The molecular formula is C20H27N5O4S. The summed E-state index contributed by atoms with van der Waals surface area (Å²) in [6.07, 6.45) is 4.08. The van der Waals surface area contributed by atoms with Gasteiger partial charge in [0.15, 0.2) is 0 Å². The smallest absolute Gasteiger partial charge is 0.258 e. The molecule has 2 fully saturated rings. The Morgan fingerprint density at radius 2 is 1.80 bits per heavy atom. The SMILES string of the molecule is CS(=O)(=O)N1CCC(C(=O)N2CCN(Cc3cc(=O)n4ccccc4n3)CC2)CC1. The Balaban J connectivity index is 1.31. The lowest BCUT2D eigenvalue weighted by Gasteiger charge is -2.38. The van der Waals surface area contributed by atoms with Gasteiger partial charge < -0.3 is 4.90 Å². The fourth-order valence-corrected chi connectivity index (χ4v) is 5.11. The van der Waals surface area contributed by atoms with Crippen LogP contribution in [0.3, 0.4) is 0 Å². The molecule has 1 amide bonds. The van der Waals surface area contributed by atoms with Gasteiger partial charge in [-0.3, -0.25) is 18.9 Å². The number of pyridine rings is 1. The number of amides is 1. The predicted octanol–water partition coefficient (Wildman–Crippen LogP) is 0.0103. The van der Waals surface area contributed by atoms with E-state index < -0.39 is 10.0 Å². The maximum Gasteiger partial charge on any atom is 0.258 e. The molecule has 4 heterocycles. The van der Waals surface area contributed by atoms with Gasteiger partial charge in [-0.1, -0.05) is 6.07 Å². The first-order chi connectivity index (χ1) is 14.3. The number of piperidine rings is 1. The molecule has 2 aromatic heterocycles. The van der Waals surface area contributed by atoms with Crippen LogP contribution in [0, 0.1) is 5.92 Å². The second kappa shape index (κ2) is 8.44. The van der Waals surface area contributed by atoms with Crippen LogP contribution in [0.1, 0.15) is 18.5 Å². The number of carbonyl (C=O) groups excluding carboxylic acids is 1. The average molecular weight is 434 g/mol. The van der Waals surface area contributed by atoms with E-state index in [4.69, 9.17) is 0 Å². The second-order valence-corrected chi connectivity index (χ2v) is 10.0. The number of nitrogens with zero attached hydrogens (tertiary/aromatic N) is 5. The summed E-state index contributed by atoms with van der Waals surface area (Å²) in [7, 11) is -3.18. The topological polar surface area (TPSA) is 95.3 Å². The Morgan fingerprint density at radius 3 is 2.47 bits per heavy atom. The van der Waals surface area contributed by atoms with Gasteiger partial charge in [0.05, 0.1) is 11.9 Å². The highest BCUT2D eigenvalue weighted by Gasteiger charge is 2.32. The van der Waals surface area contributed by atoms with Crippen molar-refractivity contribution in [2.75, 3.05) is 45.5 Å². The van der Waals surface area contributed by atoms with Crippen LogP contribution in [0.15, 0.2) is 35.3 Å². The number of fused-ring (bicyclic) bond motifs is 1. The lowest BCUT2D eigenvalue weighted by molar-refractivity contribution is -0.138. The Labute approximate surface area is 176 Å². The van der Waals surface area contributed by atoms with Gasteiger partial charge in [-0.2, -0.15) is 0 Å². The zero-order chi connectivity index (χ0) is 21.3. The number of sulfonamides is 1. The van der Waals surface area contributed by atoms with E-state index in [1.807, 2.05) is 17.0 Å². The Kier molecular flexibility index (Phi) is 5.90. The molecule has 162 valence electrons. The minimum absolute atomic E-state index is 0.0927. The van der Waals surface area contributed by atoms with Gasteiger partial charge in [0.2, 0.25) is 15.9 Å². The van der Waals surface area contributed by atoms with Crippen molar-refractivity contribution in [1.82, 2.24) is 23.5 Å². The molecule has 2 aliphatic rings. The Hall–Kier alpha value is -2.30. The number of piperazine rings is 1. The molecule has 0 atom stereocenters. The maximum atomic E-state index is 12.8. The van der Waals surface area contributed by atoms with Gasteiger partial charge in [-0.25, -0.2) is 17.7 Å². The van der Waals surface area contributed by atoms with E-state index >= 15 is 0 Å². The normalized spacial score (nSPS) is 20.0. The van der Waals surface area contributed by atoms with Gasteiger partial charge in [-0.15, -0.1) is 0 Å². The van der Waals surface area contributed by atoms with E-state index in [9.17, 15) is 18.0 Å². The highest BCUT2D eigenvalue weighted by atomic mass is 32.2. The van der Waals surface area contributed by atoms with Crippen molar-refractivity contribution >= 4 is 21.6 Å². The molecule has 30 heavy (non-hydrogen) atoms. The van der Waals surface area contributed by atoms with Crippen LogP contribution < -0.4 is 5.56 Å². The molecule has 4 rings (SSSR count). The predicted molar refractivity (Wildman–Crippen MR) is 112 cm³/mol. The first-order valence-electron chi connectivity index (χ1n) is 10.2. The van der Waals surface area contributed by atoms with Gasteiger partial charge in [0.25, 0.3) is 5.56 Å². The van der Waals surface area contributed by atoms with Crippen molar-refractivity contribution in [3.8, 4) is 0 Å². The summed E-state index contributed by atoms with van der Waals surface area (Å²) in [5.74, 6) is 0.0293. The number of aromatic nitrogens is 2. The van der Waals surface area contributed by atoms with Crippen molar-refractivity contribution in [3.05, 3.63) is 46.5 Å². The second-order valence-electron chi connectivity index (χ2n) is 8.05. The quantitative estimate of drug-likeness (QED) is 0.674. The van der Waals surface area contributed by atoms with E-state index in [0.29, 0.717) is 51.2 Å². The lowest BCUT2D eigenvalue weighted by Crippen LogP contribution is -2.51. The molecule has 0 spiro atoms. The summed E-state index contributed by atoms with van der Waals surface area (Å²) in [4.78, 5) is 33.8. The summed E-state index contributed by atoms with van der Waals surface area (Å²) >= 11 is 0. The fraction of sp³-hybridized carbons (Fsp3) is 0.550. The monoisotopic (exact) mass is 433 g/mol. The third-order valence-electron chi connectivity index (χ3n) is 5.97. The van der Waals surface area contributed by atoms with E-state index in [1.54, 1.807) is 18.3 Å². The standard InChI is InChI=1S/C20H27N5O4S/c1-30(28,29)24-8-5-16(6-9-24)20(27)23-12-10-22(11-13-23)15-17-14-19(26)25-7-3-2-4-18(25)21-17/h2-4,7,14,16H,5-6,8-13,15H2,1H3. The van der Waals surface area contributed by atoms with E-state index in [2.05, 4.69) is 9.88 Å². The van der Waals surface area contributed by atoms with Crippen LogP contribution in [0.2, 0.25) is 0 Å². The molecule has 9 nitrogen and oxygen atoms in total. The number of hydrogen-bond acceptors (Lipinski definition) is 6. The Morgan fingerprint density at radius 1 is 1.10 bits per heavy atom. The molecule has 0 N–H and O–H groups in total. The van der Waals surface area contributed by atoms with Crippen LogP contribution in [0.25, 0.3) is 5.65 Å².